The number of rotatable bonds is 4. The van der Waals surface area contributed by atoms with Crippen molar-refractivity contribution >= 4 is 11.4 Å². The summed E-state index contributed by atoms with van der Waals surface area (Å²) in [4.78, 5) is 0. The molecular formula is C18H22N2. The Morgan fingerprint density at radius 2 is 1.90 bits per heavy atom. The lowest BCUT2D eigenvalue weighted by molar-refractivity contribution is 0.911. The summed E-state index contributed by atoms with van der Waals surface area (Å²) in [5, 5.41) is 3.44. The average Bonchev–Trinajstić information content (AvgIpc) is 2.90. The molecule has 0 amide bonds. The lowest BCUT2D eigenvalue weighted by Crippen LogP contribution is -2.07. The van der Waals surface area contributed by atoms with Crippen LogP contribution in [0, 0.1) is 6.92 Å². The number of hydrogen-bond donors (Lipinski definition) is 2. The Hall–Kier alpha value is -1.96. The highest BCUT2D eigenvalue weighted by molar-refractivity contribution is 5.66. The van der Waals surface area contributed by atoms with Crippen LogP contribution in [-0.2, 0) is 19.3 Å². The molecule has 2 nitrogen and oxygen atoms in total. The highest BCUT2D eigenvalue weighted by atomic mass is 14.9. The van der Waals surface area contributed by atoms with Gasteiger partial charge in [-0.05, 0) is 67.0 Å². The number of fused-ring (bicyclic) bond motifs is 1. The number of aryl methyl sites for hydroxylation is 3. The molecule has 1 aliphatic rings. The molecule has 0 aromatic heterocycles. The Kier molecular flexibility index (Phi) is 3.64. The second-order valence-corrected chi connectivity index (χ2v) is 5.72. The minimum absolute atomic E-state index is 0.824. The van der Waals surface area contributed by atoms with E-state index in [4.69, 9.17) is 5.73 Å². The maximum absolute atomic E-state index is 5.98. The number of benzene rings is 2. The van der Waals surface area contributed by atoms with E-state index in [-0.39, 0.29) is 0 Å². The Labute approximate surface area is 121 Å². The predicted octanol–water partition coefficient (Wildman–Crippen LogP) is 3.72. The summed E-state index contributed by atoms with van der Waals surface area (Å²) in [6.45, 7) is 3.01. The van der Waals surface area contributed by atoms with E-state index >= 15 is 0 Å². The normalized spacial score (nSPS) is 13.2. The molecule has 2 aromatic carbocycles. The molecule has 0 atom stereocenters. The molecular weight excluding hydrogens is 244 g/mol. The van der Waals surface area contributed by atoms with E-state index in [2.05, 4.69) is 36.5 Å². The highest BCUT2D eigenvalue weighted by Crippen LogP contribution is 2.23. The predicted molar refractivity (Wildman–Crippen MR) is 86.3 cm³/mol. The van der Waals surface area contributed by atoms with Gasteiger partial charge in [0.25, 0.3) is 0 Å². The maximum atomic E-state index is 5.98. The molecule has 2 heteroatoms. The maximum Gasteiger partial charge on any atom is 0.0576 e. The van der Waals surface area contributed by atoms with Crippen molar-refractivity contribution in [1.29, 1.82) is 0 Å². The van der Waals surface area contributed by atoms with E-state index in [1.807, 2.05) is 12.1 Å². The van der Waals surface area contributed by atoms with Gasteiger partial charge in [-0.15, -0.1) is 0 Å². The van der Waals surface area contributed by atoms with Crippen molar-refractivity contribution in [3.8, 4) is 0 Å². The zero-order chi connectivity index (χ0) is 13.9. The van der Waals surface area contributed by atoms with Crippen molar-refractivity contribution in [1.82, 2.24) is 0 Å². The van der Waals surface area contributed by atoms with Gasteiger partial charge in [-0.3, -0.25) is 0 Å². The van der Waals surface area contributed by atoms with Crippen LogP contribution in [0.4, 0.5) is 11.4 Å². The van der Waals surface area contributed by atoms with Gasteiger partial charge < -0.3 is 11.1 Å². The molecule has 104 valence electrons. The van der Waals surface area contributed by atoms with Gasteiger partial charge in [-0.25, -0.2) is 0 Å². The standard InChI is InChI=1S/C18H22N2/c1-13-5-8-17(19)18(11-13)20-10-9-14-6-7-15-3-2-4-16(15)12-14/h5-8,11-12,20H,2-4,9-10,19H2,1H3. The quantitative estimate of drug-likeness (QED) is 0.828. The van der Waals surface area contributed by atoms with Crippen molar-refractivity contribution in [2.24, 2.45) is 0 Å². The number of nitrogen functional groups attached to an aromatic ring is 1. The summed E-state index contributed by atoms with van der Waals surface area (Å²) in [5.41, 5.74) is 13.6. The van der Waals surface area contributed by atoms with E-state index in [1.165, 1.54) is 30.4 Å². The smallest absolute Gasteiger partial charge is 0.0576 e. The first-order valence-corrected chi connectivity index (χ1v) is 7.43. The molecule has 0 saturated heterocycles. The molecule has 0 saturated carbocycles. The van der Waals surface area contributed by atoms with Crippen LogP contribution >= 0.6 is 0 Å². The fraction of sp³-hybridized carbons (Fsp3) is 0.333. The summed E-state index contributed by atoms with van der Waals surface area (Å²) in [6, 6.07) is 13.1. The van der Waals surface area contributed by atoms with Crippen LogP contribution in [-0.4, -0.2) is 6.54 Å². The third-order valence-electron chi connectivity index (χ3n) is 4.10. The molecule has 0 unspecified atom stereocenters. The van der Waals surface area contributed by atoms with Gasteiger partial charge in [0, 0.05) is 6.54 Å². The van der Waals surface area contributed by atoms with E-state index in [9.17, 15) is 0 Å². The second-order valence-electron chi connectivity index (χ2n) is 5.72. The van der Waals surface area contributed by atoms with Gasteiger partial charge >= 0.3 is 0 Å². The lowest BCUT2D eigenvalue weighted by Gasteiger charge is -2.11. The second kappa shape index (κ2) is 5.58. The van der Waals surface area contributed by atoms with E-state index in [0.29, 0.717) is 0 Å². The van der Waals surface area contributed by atoms with Crippen molar-refractivity contribution < 1.29 is 0 Å². The Balaban J connectivity index is 1.61. The first-order valence-electron chi connectivity index (χ1n) is 7.43. The summed E-state index contributed by atoms with van der Waals surface area (Å²) in [7, 11) is 0. The SMILES string of the molecule is Cc1ccc(N)c(NCCc2ccc3c(c2)CCC3)c1. The van der Waals surface area contributed by atoms with Crippen LogP contribution in [0.25, 0.3) is 0 Å². The molecule has 0 bridgehead atoms. The van der Waals surface area contributed by atoms with Crippen LogP contribution in [0.3, 0.4) is 0 Å². The van der Waals surface area contributed by atoms with E-state index < -0.39 is 0 Å². The average molecular weight is 266 g/mol. The van der Waals surface area contributed by atoms with Crippen LogP contribution in [0.5, 0.6) is 0 Å². The van der Waals surface area contributed by atoms with Gasteiger partial charge in [0.05, 0.1) is 11.4 Å². The topological polar surface area (TPSA) is 38.0 Å². The molecule has 2 aromatic rings. The number of hydrogen-bond acceptors (Lipinski definition) is 2. The van der Waals surface area contributed by atoms with Crippen LogP contribution in [0.2, 0.25) is 0 Å². The largest absolute Gasteiger partial charge is 0.397 e. The third kappa shape index (κ3) is 2.79. The highest BCUT2D eigenvalue weighted by Gasteiger charge is 2.10. The summed E-state index contributed by atoms with van der Waals surface area (Å²) >= 11 is 0. The van der Waals surface area contributed by atoms with Crippen LogP contribution in [0.15, 0.2) is 36.4 Å². The molecule has 1 aliphatic carbocycles. The van der Waals surface area contributed by atoms with Crippen LogP contribution < -0.4 is 11.1 Å². The molecule has 20 heavy (non-hydrogen) atoms. The van der Waals surface area contributed by atoms with Crippen molar-refractivity contribution in [2.45, 2.75) is 32.6 Å². The Morgan fingerprint density at radius 1 is 1.05 bits per heavy atom. The Bertz CT molecular complexity index is 617. The lowest BCUT2D eigenvalue weighted by atomic mass is 10.0. The van der Waals surface area contributed by atoms with Gasteiger partial charge in [0.15, 0.2) is 0 Å². The van der Waals surface area contributed by atoms with Crippen molar-refractivity contribution in [3.63, 3.8) is 0 Å². The summed E-state index contributed by atoms with van der Waals surface area (Å²) in [6.07, 6.45) is 4.87. The summed E-state index contributed by atoms with van der Waals surface area (Å²) < 4.78 is 0. The molecule has 3 N–H and O–H groups in total. The van der Waals surface area contributed by atoms with Gasteiger partial charge in [-0.1, -0.05) is 24.3 Å². The number of nitrogens with one attached hydrogen (secondary N) is 1. The van der Waals surface area contributed by atoms with E-state index in [1.54, 1.807) is 11.1 Å². The molecule has 0 heterocycles. The minimum Gasteiger partial charge on any atom is -0.397 e. The fourth-order valence-corrected chi connectivity index (χ4v) is 2.95. The zero-order valence-electron chi connectivity index (χ0n) is 12.1. The molecule has 3 rings (SSSR count). The molecule has 0 spiro atoms. The number of nitrogens with two attached hydrogens (primary N) is 1. The molecule has 0 radical (unpaired) electrons. The van der Waals surface area contributed by atoms with Crippen molar-refractivity contribution in [2.75, 3.05) is 17.6 Å². The Morgan fingerprint density at radius 3 is 2.80 bits per heavy atom. The van der Waals surface area contributed by atoms with Crippen LogP contribution in [0.1, 0.15) is 28.7 Å². The van der Waals surface area contributed by atoms with Crippen molar-refractivity contribution in [3.05, 3.63) is 58.7 Å². The molecule has 0 aliphatic heterocycles. The third-order valence-corrected chi connectivity index (χ3v) is 4.10. The van der Waals surface area contributed by atoms with Gasteiger partial charge in [0.1, 0.15) is 0 Å². The fourth-order valence-electron chi connectivity index (χ4n) is 2.95. The minimum atomic E-state index is 0.824. The van der Waals surface area contributed by atoms with Gasteiger partial charge in [0.2, 0.25) is 0 Å². The zero-order valence-corrected chi connectivity index (χ0v) is 12.1. The van der Waals surface area contributed by atoms with Gasteiger partial charge in [-0.2, -0.15) is 0 Å². The number of anilines is 2. The first kappa shape index (κ1) is 13.0. The monoisotopic (exact) mass is 266 g/mol. The summed E-state index contributed by atoms with van der Waals surface area (Å²) in [5.74, 6) is 0. The molecule has 0 fully saturated rings. The first-order chi connectivity index (χ1) is 9.72. The van der Waals surface area contributed by atoms with E-state index in [0.717, 1.165) is 24.3 Å².